The molecule has 0 radical (unpaired) electrons. The molecule has 0 bridgehead atoms. The smallest absolute Gasteiger partial charge is 0.161 e. The van der Waals surface area contributed by atoms with Gasteiger partial charge in [-0.1, -0.05) is 60.3 Å². The molecule has 0 saturated heterocycles. The zero-order valence-corrected chi connectivity index (χ0v) is 11.7. The molecule has 0 aromatic heterocycles. The van der Waals surface area contributed by atoms with Crippen molar-refractivity contribution < 1.29 is 0 Å². The Morgan fingerprint density at radius 1 is 1.05 bits per heavy atom. The number of para-hydroxylation sites is 1. The summed E-state index contributed by atoms with van der Waals surface area (Å²) in [5.74, 6) is 0. The van der Waals surface area contributed by atoms with Crippen LogP contribution < -0.4 is 5.32 Å². The molecule has 2 aromatic rings. The van der Waals surface area contributed by atoms with Crippen LogP contribution in [0.4, 0.5) is 5.69 Å². The van der Waals surface area contributed by atoms with Gasteiger partial charge in [0.15, 0.2) is 5.17 Å². The average molecular weight is 268 g/mol. The molecule has 1 heterocycles. The fourth-order valence-electron chi connectivity index (χ4n) is 2.11. The van der Waals surface area contributed by atoms with Crippen LogP contribution in [0.25, 0.3) is 0 Å². The Kier molecular flexibility index (Phi) is 3.56. The Balaban J connectivity index is 1.68. The Hall–Kier alpha value is -1.74. The number of hydrogen-bond acceptors (Lipinski definition) is 3. The van der Waals surface area contributed by atoms with Crippen LogP contribution in [0.3, 0.4) is 0 Å². The van der Waals surface area contributed by atoms with Gasteiger partial charge in [-0.25, -0.2) is 0 Å². The lowest BCUT2D eigenvalue weighted by Crippen LogP contribution is -2.06. The number of nitrogens with one attached hydrogen (secondary N) is 1. The second kappa shape index (κ2) is 5.49. The van der Waals surface area contributed by atoms with E-state index in [1.807, 2.05) is 6.07 Å². The predicted molar refractivity (Wildman–Crippen MR) is 83.9 cm³/mol. The minimum atomic E-state index is 0.438. The molecule has 96 valence electrons. The van der Waals surface area contributed by atoms with Crippen LogP contribution in [-0.4, -0.2) is 11.7 Å². The number of benzene rings is 2. The number of thioether (sulfide) groups is 1. The lowest BCUT2D eigenvalue weighted by atomic mass is 10.1. The van der Waals surface area contributed by atoms with Gasteiger partial charge in [-0.3, -0.25) is 4.99 Å². The van der Waals surface area contributed by atoms with E-state index in [0.29, 0.717) is 5.25 Å². The van der Waals surface area contributed by atoms with Gasteiger partial charge in [0.25, 0.3) is 0 Å². The van der Waals surface area contributed by atoms with Crippen molar-refractivity contribution in [2.75, 3.05) is 11.9 Å². The number of nitrogens with zero attached hydrogens (tertiary/aromatic N) is 1. The van der Waals surface area contributed by atoms with Crippen LogP contribution in [0.15, 0.2) is 59.6 Å². The maximum absolute atomic E-state index is 4.60. The van der Waals surface area contributed by atoms with Gasteiger partial charge in [-0.15, -0.1) is 0 Å². The van der Waals surface area contributed by atoms with Crippen molar-refractivity contribution in [3.8, 4) is 0 Å². The highest BCUT2D eigenvalue weighted by molar-refractivity contribution is 8.14. The molecule has 1 atom stereocenters. The normalized spacial score (nSPS) is 18.2. The summed E-state index contributed by atoms with van der Waals surface area (Å²) in [6, 6.07) is 18.9. The number of rotatable bonds is 2. The highest BCUT2D eigenvalue weighted by Crippen LogP contribution is 2.35. The van der Waals surface area contributed by atoms with Crippen molar-refractivity contribution in [3.05, 3.63) is 65.7 Å². The van der Waals surface area contributed by atoms with Crippen molar-refractivity contribution >= 4 is 22.6 Å². The molecular weight excluding hydrogens is 252 g/mol. The summed E-state index contributed by atoms with van der Waals surface area (Å²) in [5.41, 5.74) is 3.73. The van der Waals surface area contributed by atoms with E-state index in [4.69, 9.17) is 0 Å². The van der Waals surface area contributed by atoms with E-state index in [9.17, 15) is 0 Å². The van der Waals surface area contributed by atoms with Crippen LogP contribution >= 0.6 is 11.8 Å². The van der Waals surface area contributed by atoms with E-state index < -0.39 is 0 Å². The number of anilines is 1. The molecule has 0 saturated carbocycles. The van der Waals surface area contributed by atoms with Gasteiger partial charge in [-0.2, -0.15) is 0 Å². The topological polar surface area (TPSA) is 24.4 Å². The summed E-state index contributed by atoms with van der Waals surface area (Å²) in [5, 5.41) is 4.88. The molecule has 19 heavy (non-hydrogen) atoms. The molecule has 3 rings (SSSR count). The van der Waals surface area contributed by atoms with Crippen molar-refractivity contribution in [2.45, 2.75) is 12.2 Å². The van der Waals surface area contributed by atoms with E-state index in [0.717, 1.165) is 17.4 Å². The van der Waals surface area contributed by atoms with Gasteiger partial charge in [0.2, 0.25) is 0 Å². The summed E-state index contributed by atoms with van der Waals surface area (Å²) in [7, 11) is 0. The summed E-state index contributed by atoms with van der Waals surface area (Å²) < 4.78 is 0. The fraction of sp³-hybridized carbons (Fsp3) is 0.188. The van der Waals surface area contributed by atoms with Crippen LogP contribution in [0, 0.1) is 6.92 Å². The van der Waals surface area contributed by atoms with Crippen LogP contribution in [0.5, 0.6) is 0 Å². The molecule has 0 fully saturated rings. The van der Waals surface area contributed by atoms with Gasteiger partial charge in [0, 0.05) is 5.69 Å². The van der Waals surface area contributed by atoms with E-state index in [1.165, 1.54) is 11.1 Å². The van der Waals surface area contributed by atoms with E-state index in [1.54, 1.807) is 11.8 Å². The zero-order valence-electron chi connectivity index (χ0n) is 10.8. The first kappa shape index (κ1) is 12.3. The monoisotopic (exact) mass is 268 g/mol. The highest BCUT2D eigenvalue weighted by Gasteiger charge is 2.21. The van der Waals surface area contributed by atoms with Crippen molar-refractivity contribution in [1.29, 1.82) is 0 Å². The summed E-state index contributed by atoms with van der Waals surface area (Å²) in [6.45, 7) is 2.96. The van der Waals surface area contributed by atoms with E-state index in [2.05, 4.69) is 65.8 Å². The quantitative estimate of drug-likeness (QED) is 0.880. The number of aryl methyl sites for hydroxylation is 1. The highest BCUT2D eigenvalue weighted by atomic mass is 32.2. The third kappa shape index (κ3) is 2.82. The van der Waals surface area contributed by atoms with Crippen LogP contribution in [0.1, 0.15) is 16.4 Å². The Morgan fingerprint density at radius 3 is 2.58 bits per heavy atom. The molecule has 1 unspecified atom stereocenters. The summed E-state index contributed by atoms with van der Waals surface area (Å²) >= 11 is 1.81. The minimum Gasteiger partial charge on any atom is -0.335 e. The predicted octanol–water partition coefficient (Wildman–Crippen LogP) is 4.25. The first-order valence-corrected chi connectivity index (χ1v) is 7.29. The Labute approximate surface area is 118 Å². The van der Waals surface area contributed by atoms with Crippen molar-refractivity contribution in [3.63, 3.8) is 0 Å². The van der Waals surface area contributed by atoms with Crippen molar-refractivity contribution in [1.82, 2.24) is 0 Å². The van der Waals surface area contributed by atoms with Gasteiger partial charge < -0.3 is 5.32 Å². The third-order valence-electron chi connectivity index (χ3n) is 3.21. The molecule has 0 aliphatic carbocycles. The number of amidine groups is 1. The maximum Gasteiger partial charge on any atom is 0.161 e. The van der Waals surface area contributed by atoms with Gasteiger partial charge >= 0.3 is 0 Å². The molecule has 2 aromatic carbocycles. The maximum atomic E-state index is 4.60. The molecule has 1 aliphatic heterocycles. The molecule has 1 aliphatic rings. The molecule has 0 amide bonds. The van der Waals surface area contributed by atoms with E-state index >= 15 is 0 Å². The molecule has 1 N–H and O–H groups in total. The molecular formula is C16H16N2S. The lowest BCUT2D eigenvalue weighted by Gasteiger charge is -2.10. The lowest BCUT2D eigenvalue weighted by molar-refractivity contribution is 0.966. The first-order valence-electron chi connectivity index (χ1n) is 6.41. The SMILES string of the molecule is Cc1ccccc1NC1=NCC(c2ccccc2)S1. The van der Waals surface area contributed by atoms with Gasteiger partial charge in [0.05, 0.1) is 11.8 Å². The molecule has 0 spiro atoms. The van der Waals surface area contributed by atoms with Crippen LogP contribution in [-0.2, 0) is 0 Å². The van der Waals surface area contributed by atoms with Crippen molar-refractivity contribution in [2.24, 2.45) is 4.99 Å². The Bertz CT molecular complexity index is 593. The average Bonchev–Trinajstić information content (AvgIpc) is 2.91. The number of aliphatic imine (C=N–C) groups is 1. The summed E-state index contributed by atoms with van der Waals surface area (Å²) in [4.78, 5) is 4.60. The third-order valence-corrected chi connectivity index (χ3v) is 4.37. The number of hydrogen-bond donors (Lipinski definition) is 1. The van der Waals surface area contributed by atoms with E-state index in [-0.39, 0.29) is 0 Å². The summed E-state index contributed by atoms with van der Waals surface area (Å²) in [6.07, 6.45) is 0. The first-order chi connectivity index (χ1) is 9.33. The van der Waals surface area contributed by atoms with Gasteiger partial charge in [-0.05, 0) is 24.1 Å². The molecule has 2 nitrogen and oxygen atoms in total. The standard InChI is InChI=1S/C16H16N2S/c1-12-7-5-6-10-14(12)18-16-17-11-15(19-16)13-8-3-2-4-9-13/h2-10,15H,11H2,1H3,(H,17,18). The zero-order chi connectivity index (χ0) is 13.1. The largest absolute Gasteiger partial charge is 0.335 e. The Morgan fingerprint density at radius 2 is 1.79 bits per heavy atom. The second-order valence-corrected chi connectivity index (χ2v) is 5.79. The second-order valence-electron chi connectivity index (χ2n) is 4.60. The molecule has 3 heteroatoms. The fourth-order valence-corrected chi connectivity index (χ4v) is 3.14. The minimum absolute atomic E-state index is 0.438. The van der Waals surface area contributed by atoms with Crippen LogP contribution in [0.2, 0.25) is 0 Å². The van der Waals surface area contributed by atoms with Gasteiger partial charge in [0.1, 0.15) is 0 Å².